The van der Waals surface area contributed by atoms with Crippen LogP contribution < -0.4 is 4.90 Å². The first-order chi connectivity index (χ1) is 28.3. The highest BCUT2D eigenvalue weighted by molar-refractivity contribution is 7.99. The Morgan fingerprint density at radius 1 is 0.351 bits per heavy atom. The standard InChI is InChI=1S/C55H35NS/c1-2-15-37(16-3-1)44-32-29-38-17-6-7-21-43(38)54(44)56(41-30-28-36-14-4-5-18-40(36)34-41)42-31-33-52-50(35-42)55(48-25-10-11-27-51(48)57-52)47-24-9-8-22-45(47)46-23-12-19-39-20-13-26-49(55)53(39)46/h1-35H. The van der Waals surface area contributed by atoms with Gasteiger partial charge in [0.2, 0.25) is 0 Å². The number of hydrogen-bond acceptors (Lipinski definition) is 2. The van der Waals surface area contributed by atoms with E-state index in [4.69, 9.17) is 0 Å². The van der Waals surface area contributed by atoms with Gasteiger partial charge in [0.15, 0.2) is 0 Å². The highest BCUT2D eigenvalue weighted by Crippen LogP contribution is 2.62. The van der Waals surface area contributed by atoms with E-state index < -0.39 is 5.41 Å². The van der Waals surface area contributed by atoms with E-state index in [1.165, 1.54) is 92.3 Å². The van der Waals surface area contributed by atoms with E-state index in [1.54, 1.807) is 0 Å². The molecule has 10 aromatic rings. The van der Waals surface area contributed by atoms with Crippen LogP contribution in [0.2, 0.25) is 0 Å². The summed E-state index contributed by atoms with van der Waals surface area (Å²) in [6.07, 6.45) is 0. The van der Waals surface area contributed by atoms with Crippen molar-refractivity contribution in [3.8, 4) is 22.3 Å². The molecule has 2 heteroatoms. The van der Waals surface area contributed by atoms with Gasteiger partial charge in [-0.3, -0.25) is 0 Å². The van der Waals surface area contributed by atoms with Gasteiger partial charge < -0.3 is 4.90 Å². The highest BCUT2D eigenvalue weighted by Gasteiger charge is 2.48. The Kier molecular flexibility index (Phi) is 7.14. The number of anilines is 3. The molecule has 1 aliphatic carbocycles. The summed E-state index contributed by atoms with van der Waals surface area (Å²) in [5.74, 6) is 0. The molecule has 0 bridgehead atoms. The summed E-state index contributed by atoms with van der Waals surface area (Å²) in [4.78, 5) is 5.11. The third-order valence-corrected chi connectivity index (χ3v) is 13.4. The van der Waals surface area contributed by atoms with Crippen molar-refractivity contribution < 1.29 is 0 Å². The lowest BCUT2D eigenvalue weighted by Gasteiger charge is -2.46. The Bertz CT molecular complexity index is 3230. The Labute approximate surface area is 336 Å². The van der Waals surface area contributed by atoms with Crippen molar-refractivity contribution in [3.63, 3.8) is 0 Å². The molecule has 0 radical (unpaired) electrons. The van der Waals surface area contributed by atoms with Crippen LogP contribution >= 0.6 is 11.8 Å². The molecular weight excluding hydrogens is 707 g/mol. The normalized spacial score (nSPS) is 15.0. The van der Waals surface area contributed by atoms with Gasteiger partial charge in [-0.25, -0.2) is 0 Å². The fourth-order valence-corrected chi connectivity index (χ4v) is 11.1. The lowest BCUT2D eigenvalue weighted by Crippen LogP contribution is -2.36. The van der Waals surface area contributed by atoms with E-state index in [9.17, 15) is 0 Å². The Hall–Kier alpha value is -6.87. The van der Waals surface area contributed by atoms with E-state index in [0.717, 1.165) is 11.4 Å². The quantitative estimate of drug-likeness (QED) is 0.177. The molecular formula is C55H35NS. The van der Waals surface area contributed by atoms with Crippen LogP contribution in [-0.4, -0.2) is 0 Å². The molecule has 2 aliphatic rings. The summed E-state index contributed by atoms with van der Waals surface area (Å²) in [5.41, 5.74) is 13.2. The molecule has 57 heavy (non-hydrogen) atoms. The largest absolute Gasteiger partial charge is 0.309 e. The lowest BCUT2D eigenvalue weighted by atomic mass is 9.59. The zero-order valence-electron chi connectivity index (χ0n) is 31.1. The van der Waals surface area contributed by atoms with E-state index in [1.807, 2.05) is 11.8 Å². The Balaban J connectivity index is 1.22. The molecule has 10 aromatic carbocycles. The van der Waals surface area contributed by atoms with Crippen LogP contribution in [0.15, 0.2) is 222 Å². The molecule has 1 spiro atoms. The molecule has 0 N–H and O–H groups in total. The van der Waals surface area contributed by atoms with Crippen LogP contribution in [0.4, 0.5) is 17.1 Å². The Morgan fingerprint density at radius 2 is 0.965 bits per heavy atom. The van der Waals surface area contributed by atoms with Crippen molar-refractivity contribution in [1.82, 2.24) is 0 Å². The molecule has 1 atom stereocenters. The van der Waals surface area contributed by atoms with Gasteiger partial charge in [0.1, 0.15) is 0 Å². The van der Waals surface area contributed by atoms with E-state index >= 15 is 0 Å². The van der Waals surface area contributed by atoms with Crippen LogP contribution in [0, 0.1) is 0 Å². The first-order valence-corrected chi connectivity index (χ1v) is 20.5. The van der Waals surface area contributed by atoms with Gasteiger partial charge in [0.25, 0.3) is 0 Å². The van der Waals surface area contributed by atoms with Gasteiger partial charge in [0.05, 0.1) is 11.1 Å². The van der Waals surface area contributed by atoms with Gasteiger partial charge in [-0.05, 0) is 102 Å². The first kappa shape index (κ1) is 32.4. The zero-order valence-corrected chi connectivity index (χ0v) is 31.9. The van der Waals surface area contributed by atoms with Gasteiger partial charge in [-0.15, -0.1) is 0 Å². The number of nitrogens with zero attached hydrogens (tertiary/aromatic N) is 1. The topological polar surface area (TPSA) is 3.24 Å². The molecule has 0 saturated carbocycles. The van der Waals surface area contributed by atoms with E-state index in [2.05, 4.69) is 217 Å². The minimum absolute atomic E-state index is 0.548. The average Bonchev–Trinajstić information content (AvgIpc) is 3.28. The van der Waals surface area contributed by atoms with Crippen molar-refractivity contribution >= 4 is 61.1 Å². The first-order valence-electron chi connectivity index (χ1n) is 19.7. The van der Waals surface area contributed by atoms with Gasteiger partial charge in [-0.2, -0.15) is 0 Å². The van der Waals surface area contributed by atoms with Crippen molar-refractivity contribution in [3.05, 3.63) is 235 Å². The number of hydrogen-bond donors (Lipinski definition) is 0. The highest BCUT2D eigenvalue weighted by atomic mass is 32.2. The van der Waals surface area contributed by atoms with Gasteiger partial charge >= 0.3 is 0 Å². The second-order valence-electron chi connectivity index (χ2n) is 15.2. The second-order valence-corrected chi connectivity index (χ2v) is 16.3. The minimum atomic E-state index is -0.548. The van der Waals surface area contributed by atoms with Crippen LogP contribution in [-0.2, 0) is 5.41 Å². The maximum atomic E-state index is 2.53. The number of benzene rings is 10. The van der Waals surface area contributed by atoms with Crippen LogP contribution in [0.1, 0.15) is 22.3 Å². The molecule has 0 fully saturated rings. The zero-order chi connectivity index (χ0) is 37.5. The fourth-order valence-electron chi connectivity index (χ4n) is 9.89. The third-order valence-electron chi connectivity index (χ3n) is 12.3. The fraction of sp³-hybridized carbons (Fsp3) is 0.0182. The smallest absolute Gasteiger partial charge is 0.0736 e. The summed E-state index contributed by atoms with van der Waals surface area (Å²) < 4.78 is 0. The average molecular weight is 742 g/mol. The van der Waals surface area contributed by atoms with Crippen molar-refractivity contribution in [1.29, 1.82) is 0 Å². The second kappa shape index (κ2) is 12.6. The Morgan fingerprint density at radius 3 is 1.86 bits per heavy atom. The van der Waals surface area contributed by atoms with E-state index in [0.29, 0.717) is 0 Å². The molecule has 0 aromatic heterocycles. The van der Waals surface area contributed by atoms with Gasteiger partial charge in [-0.1, -0.05) is 188 Å². The summed E-state index contributed by atoms with van der Waals surface area (Å²) >= 11 is 1.89. The van der Waals surface area contributed by atoms with Crippen molar-refractivity contribution in [2.24, 2.45) is 0 Å². The van der Waals surface area contributed by atoms with Crippen LogP contribution in [0.25, 0.3) is 54.6 Å². The van der Waals surface area contributed by atoms with Gasteiger partial charge in [0, 0.05) is 32.1 Å². The predicted molar refractivity (Wildman–Crippen MR) is 241 cm³/mol. The van der Waals surface area contributed by atoms with Crippen LogP contribution in [0.3, 0.4) is 0 Å². The molecule has 266 valence electrons. The molecule has 1 nitrogen and oxygen atoms in total. The molecule has 1 heterocycles. The number of rotatable bonds is 4. The molecule has 0 saturated heterocycles. The maximum Gasteiger partial charge on any atom is 0.0736 e. The lowest BCUT2D eigenvalue weighted by molar-refractivity contribution is 0.707. The summed E-state index contributed by atoms with van der Waals surface area (Å²) in [6, 6.07) is 79.1. The van der Waals surface area contributed by atoms with E-state index in [-0.39, 0.29) is 0 Å². The predicted octanol–water partition coefficient (Wildman–Crippen LogP) is 15.1. The maximum absolute atomic E-state index is 2.53. The minimum Gasteiger partial charge on any atom is -0.309 e. The summed E-state index contributed by atoms with van der Waals surface area (Å²) in [5, 5.41) is 7.47. The third kappa shape index (κ3) is 4.72. The SMILES string of the molecule is c1ccc(-c2ccc3ccccc3c2N(c2ccc3c(c2)C2(c4ccccc4S3)c3ccccc3-c3cccc4cccc2c34)c2ccc3ccccc3c2)cc1. The molecule has 12 rings (SSSR count). The molecule has 1 unspecified atom stereocenters. The monoisotopic (exact) mass is 741 g/mol. The van der Waals surface area contributed by atoms with Crippen molar-refractivity contribution in [2.45, 2.75) is 15.2 Å². The number of fused-ring (bicyclic) bond motifs is 10. The summed E-state index contributed by atoms with van der Waals surface area (Å²) in [6.45, 7) is 0. The summed E-state index contributed by atoms with van der Waals surface area (Å²) in [7, 11) is 0. The molecule has 1 aliphatic heterocycles. The van der Waals surface area contributed by atoms with Crippen molar-refractivity contribution in [2.75, 3.05) is 4.90 Å². The molecule has 0 amide bonds. The van der Waals surface area contributed by atoms with Crippen LogP contribution in [0.5, 0.6) is 0 Å².